The van der Waals surface area contributed by atoms with Crippen molar-refractivity contribution in [2.45, 2.75) is 20.8 Å². The largest absolute Gasteiger partial charge is 0.367 e. The summed E-state index contributed by atoms with van der Waals surface area (Å²) in [4.78, 5) is 13.6. The molecular weight excluding hydrogens is 345 g/mol. The Hall–Kier alpha value is -1.67. The van der Waals surface area contributed by atoms with Crippen molar-refractivity contribution in [1.29, 1.82) is 0 Å². The summed E-state index contributed by atoms with van der Waals surface area (Å²) < 4.78 is 40.1. The first kappa shape index (κ1) is 19.7. The number of piperazine rings is 1. The van der Waals surface area contributed by atoms with E-state index in [1.807, 2.05) is 4.90 Å². The molecule has 8 heteroatoms. The average Bonchev–Trinajstić information content (AvgIpc) is 2.54. The van der Waals surface area contributed by atoms with E-state index >= 15 is 0 Å². The zero-order valence-electron chi connectivity index (χ0n) is 15.0. The van der Waals surface area contributed by atoms with Gasteiger partial charge >= 0.3 is 0 Å². The van der Waals surface area contributed by atoms with Gasteiger partial charge in [0.1, 0.15) is 5.82 Å². The number of carbonyl (C=O) groups excluding carboxylic acids is 1. The predicted octanol–water partition coefficient (Wildman–Crippen LogP) is 1.44. The predicted molar refractivity (Wildman–Crippen MR) is 96.4 cm³/mol. The van der Waals surface area contributed by atoms with E-state index in [2.05, 4.69) is 5.32 Å². The number of para-hydroxylation sites is 1. The second kappa shape index (κ2) is 7.70. The lowest BCUT2D eigenvalue weighted by atomic mass is 9.96. The molecule has 1 aromatic carbocycles. The van der Waals surface area contributed by atoms with E-state index in [4.69, 9.17) is 0 Å². The van der Waals surface area contributed by atoms with Gasteiger partial charge in [-0.2, -0.15) is 4.31 Å². The second-order valence-corrected chi connectivity index (χ2v) is 9.25. The molecule has 1 heterocycles. The van der Waals surface area contributed by atoms with Gasteiger partial charge in [0, 0.05) is 38.1 Å². The number of nitrogens with one attached hydrogen (secondary N) is 1. The van der Waals surface area contributed by atoms with Crippen LogP contribution >= 0.6 is 0 Å². The van der Waals surface area contributed by atoms with Crippen LogP contribution in [0.4, 0.5) is 10.1 Å². The third-order valence-electron chi connectivity index (χ3n) is 4.15. The first-order chi connectivity index (χ1) is 11.6. The van der Waals surface area contributed by atoms with Crippen LogP contribution in [0.3, 0.4) is 0 Å². The van der Waals surface area contributed by atoms with Crippen LogP contribution in [0.1, 0.15) is 20.8 Å². The number of rotatable bonds is 5. The molecule has 0 spiro atoms. The standard InChI is InChI=1S/C17H26FN3O3S/c1-17(2,3)16(22)19-8-13-25(23,24)21-11-9-20(10-12-21)15-7-5-4-6-14(15)18/h4-7H,8-13H2,1-3H3,(H,19,22). The maximum Gasteiger partial charge on any atom is 0.225 e. The number of benzene rings is 1. The SMILES string of the molecule is CC(C)(C)C(=O)NCCS(=O)(=O)N1CCN(c2ccccc2F)CC1. The Bertz CT molecular complexity index is 708. The number of carbonyl (C=O) groups is 1. The molecule has 0 aromatic heterocycles. The van der Waals surface area contributed by atoms with Crippen LogP contribution in [0.2, 0.25) is 0 Å². The lowest BCUT2D eigenvalue weighted by Crippen LogP contribution is -2.50. The van der Waals surface area contributed by atoms with Crippen molar-refractivity contribution in [2.24, 2.45) is 5.41 Å². The molecule has 25 heavy (non-hydrogen) atoms. The van der Waals surface area contributed by atoms with Gasteiger partial charge in [-0.1, -0.05) is 32.9 Å². The fourth-order valence-electron chi connectivity index (χ4n) is 2.60. The summed E-state index contributed by atoms with van der Waals surface area (Å²) in [6.45, 7) is 6.92. The maximum absolute atomic E-state index is 13.8. The summed E-state index contributed by atoms with van der Waals surface area (Å²) in [7, 11) is -3.44. The highest BCUT2D eigenvalue weighted by molar-refractivity contribution is 7.89. The molecule has 140 valence electrons. The quantitative estimate of drug-likeness (QED) is 0.850. The molecule has 0 saturated carbocycles. The van der Waals surface area contributed by atoms with Gasteiger partial charge in [0.2, 0.25) is 15.9 Å². The smallest absolute Gasteiger partial charge is 0.225 e. The van der Waals surface area contributed by atoms with Crippen molar-refractivity contribution in [3.63, 3.8) is 0 Å². The Labute approximate surface area is 149 Å². The number of amides is 1. The molecule has 1 fully saturated rings. The van der Waals surface area contributed by atoms with E-state index in [9.17, 15) is 17.6 Å². The van der Waals surface area contributed by atoms with E-state index in [0.717, 1.165) is 0 Å². The van der Waals surface area contributed by atoms with Gasteiger partial charge in [-0.15, -0.1) is 0 Å². The number of hydrogen-bond donors (Lipinski definition) is 1. The Kier molecular flexibility index (Phi) is 6.05. The van der Waals surface area contributed by atoms with E-state index in [-0.39, 0.29) is 24.0 Å². The van der Waals surface area contributed by atoms with Gasteiger partial charge in [-0.3, -0.25) is 4.79 Å². The minimum atomic E-state index is -3.44. The molecule has 1 amide bonds. The Balaban J connectivity index is 1.87. The monoisotopic (exact) mass is 371 g/mol. The number of halogens is 1. The van der Waals surface area contributed by atoms with Crippen LogP contribution in [0.15, 0.2) is 24.3 Å². The van der Waals surface area contributed by atoms with Crippen LogP contribution < -0.4 is 10.2 Å². The molecule has 0 unspecified atom stereocenters. The zero-order chi connectivity index (χ0) is 18.7. The fraction of sp³-hybridized carbons (Fsp3) is 0.588. The molecule has 1 aliphatic rings. The Morgan fingerprint density at radius 3 is 2.32 bits per heavy atom. The Morgan fingerprint density at radius 2 is 1.76 bits per heavy atom. The fourth-order valence-corrected chi connectivity index (χ4v) is 3.94. The summed E-state index contributed by atoms with van der Waals surface area (Å²) in [6, 6.07) is 6.49. The second-order valence-electron chi connectivity index (χ2n) is 7.16. The first-order valence-electron chi connectivity index (χ1n) is 8.37. The summed E-state index contributed by atoms with van der Waals surface area (Å²) in [5, 5.41) is 2.66. The van der Waals surface area contributed by atoms with E-state index < -0.39 is 15.4 Å². The normalized spacial score (nSPS) is 16.7. The van der Waals surface area contributed by atoms with E-state index in [0.29, 0.717) is 31.9 Å². The molecule has 1 aliphatic heterocycles. The number of sulfonamides is 1. The molecular formula is C17H26FN3O3S. The lowest BCUT2D eigenvalue weighted by molar-refractivity contribution is -0.128. The highest BCUT2D eigenvalue weighted by atomic mass is 32.2. The molecule has 0 radical (unpaired) electrons. The van der Waals surface area contributed by atoms with Crippen LogP contribution in [-0.4, -0.2) is 57.1 Å². The number of anilines is 1. The molecule has 6 nitrogen and oxygen atoms in total. The third-order valence-corrected chi connectivity index (χ3v) is 6.02. The van der Waals surface area contributed by atoms with Crippen molar-refractivity contribution < 1.29 is 17.6 Å². The summed E-state index contributed by atoms with van der Waals surface area (Å²) in [5.41, 5.74) is -0.0493. The van der Waals surface area contributed by atoms with Crippen molar-refractivity contribution >= 4 is 21.6 Å². The number of nitrogens with zero attached hydrogens (tertiary/aromatic N) is 2. The molecule has 0 bridgehead atoms. The zero-order valence-corrected chi connectivity index (χ0v) is 15.8. The molecule has 1 aromatic rings. The molecule has 1 saturated heterocycles. The number of hydrogen-bond acceptors (Lipinski definition) is 4. The van der Waals surface area contributed by atoms with Crippen LogP contribution in [-0.2, 0) is 14.8 Å². The van der Waals surface area contributed by atoms with E-state index in [1.165, 1.54) is 10.4 Å². The highest BCUT2D eigenvalue weighted by Gasteiger charge is 2.28. The molecule has 1 N–H and O–H groups in total. The van der Waals surface area contributed by atoms with Crippen molar-refractivity contribution in [2.75, 3.05) is 43.4 Å². The van der Waals surface area contributed by atoms with Gasteiger partial charge in [0.25, 0.3) is 0 Å². The van der Waals surface area contributed by atoms with Crippen molar-refractivity contribution in [1.82, 2.24) is 9.62 Å². The Morgan fingerprint density at radius 1 is 1.16 bits per heavy atom. The van der Waals surface area contributed by atoms with E-state index in [1.54, 1.807) is 39.0 Å². The summed E-state index contributed by atoms with van der Waals surface area (Å²) in [6.07, 6.45) is 0. The molecule has 2 rings (SSSR count). The topological polar surface area (TPSA) is 69.7 Å². The van der Waals surface area contributed by atoms with Crippen molar-refractivity contribution in [3.05, 3.63) is 30.1 Å². The van der Waals surface area contributed by atoms with Gasteiger partial charge < -0.3 is 10.2 Å². The molecule has 0 atom stereocenters. The highest BCUT2D eigenvalue weighted by Crippen LogP contribution is 2.21. The minimum Gasteiger partial charge on any atom is -0.367 e. The summed E-state index contributed by atoms with van der Waals surface area (Å²) in [5.74, 6) is -0.607. The third kappa shape index (κ3) is 5.15. The lowest BCUT2D eigenvalue weighted by Gasteiger charge is -2.35. The van der Waals surface area contributed by atoms with Gasteiger partial charge in [0.05, 0.1) is 11.4 Å². The van der Waals surface area contributed by atoms with Crippen LogP contribution in [0.5, 0.6) is 0 Å². The summed E-state index contributed by atoms with van der Waals surface area (Å²) >= 11 is 0. The van der Waals surface area contributed by atoms with Gasteiger partial charge in [0.15, 0.2) is 0 Å². The van der Waals surface area contributed by atoms with Crippen LogP contribution in [0, 0.1) is 11.2 Å². The first-order valence-corrected chi connectivity index (χ1v) is 9.98. The average molecular weight is 371 g/mol. The van der Waals surface area contributed by atoms with Gasteiger partial charge in [-0.25, -0.2) is 12.8 Å². The maximum atomic E-state index is 13.8. The van der Waals surface area contributed by atoms with Crippen molar-refractivity contribution in [3.8, 4) is 0 Å². The minimum absolute atomic E-state index is 0.0893. The van der Waals surface area contributed by atoms with Gasteiger partial charge in [-0.05, 0) is 12.1 Å². The van der Waals surface area contributed by atoms with Crippen LogP contribution in [0.25, 0.3) is 0 Å². The molecule has 0 aliphatic carbocycles.